The lowest BCUT2D eigenvalue weighted by atomic mass is 10.3. The van der Waals surface area contributed by atoms with Crippen molar-refractivity contribution in [1.82, 2.24) is 4.98 Å². The van der Waals surface area contributed by atoms with Crippen LogP contribution in [0.25, 0.3) is 0 Å². The van der Waals surface area contributed by atoms with E-state index in [2.05, 4.69) is 22.0 Å². The molecule has 2 aromatic rings. The molecule has 1 aromatic carbocycles. The number of halogens is 1. The van der Waals surface area contributed by atoms with Gasteiger partial charge in [0.05, 0.1) is 0 Å². The summed E-state index contributed by atoms with van der Waals surface area (Å²) in [5, 5.41) is 0. The van der Waals surface area contributed by atoms with Crippen molar-refractivity contribution in [3.63, 3.8) is 0 Å². The Kier molecular flexibility index (Phi) is 4.13. The van der Waals surface area contributed by atoms with E-state index < -0.39 is 0 Å². The highest BCUT2D eigenvalue weighted by Crippen LogP contribution is 2.19. The van der Waals surface area contributed by atoms with E-state index in [1.54, 1.807) is 6.20 Å². The van der Waals surface area contributed by atoms with E-state index >= 15 is 0 Å². The van der Waals surface area contributed by atoms with Crippen molar-refractivity contribution in [1.29, 1.82) is 0 Å². The number of nitrogens with zero attached hydrogens (tertiary/aromatic N) is 2. The highest BCUT2D eigenvalue weighted by molar-refractivity contribution is 5.85. The third kappa shape index (κ3) is 2.70. The topological polar surface area (TPSA) is 16.1 Å². The van der Waals surface area contributed by atoms with Crippen molar-refractivity contribution in [2.24, 2.45) is 0 Å². The Morgan fingerprint density at radius 2 is 1.60 bits per heavy atom. The maximum Gasteiger partial charge on any atom is 0.132 e. The Balaban J connectivity index is 0.00000112. The van der Waals surface area contributed by atoms with Gasteiger partial charge in [-0.25, -0.2) is 4.98 Å². The first-order valence-corrected chi connectivity index (χ1v) is 4.58. The third-order valence-electron chi connectivity index (χ3n) is 2.14. The Bertz CT molecular complexity index is 349. The van der Waals surface area contributed by atoms with Gasteiger partial charge in [0.15, 0.2) is 0 Å². The Morgan fingerprint density at radius 1 is 0.933 bits per heavy atom. The largest absolute Gasteiger partial charge is 0.329 e. The van der Waals surface area contributed by atoms with Crippen molar-refractivity contribution < 1.29 is 0 Å². The van der Waals surface area contributed by atoms with Gasteiger partial charge >= 0.3 is 0 Å². The zero-order valence-corrected chi connectivity index (χ0v) is 9.32. The summed E-state index contributed by atoms with van der Waals surface area (Å²) in [6.07, 6.45) is 1.80. The third-order valence-corrected chi connectivity index (χ3v) is 2.14. The van der Waals surface area contributed by atoms with Gasteiger partial charge in [-0.15, -0.1) is 12.4 Å². The van der Waals surface area contributed by atoms with Crippen molar-refractivity contribution in [3.8, 4) is 0 Å². The first kappa shape index (κ1) is 11.5. The lowest BCUT2D eigenvalue weighted by Gasteiger charge is -2.17. The summed E-state index contributed by atoms with van der Waals surface area (Å²) < 4.78 is 0. The molecule has 0 amide bonds. The highest BCUT2D eigenvalue weighted by atomic mass is 35.5. The number of anilines is 2. The fourth-order valence-electron chi connectivity index (χ4n) is 1.34. The monoisotopic (exact) mass is 220 g/mol. The first-order chi connectivity index (χ1) is 6.88. The molecule has 0 spiro atoms. The molecule has 3 heteroatoms. The summed E-state index contributed by atoms with van der Waals surface area (Å²) in [7, 11) is 2.01. The van der Waals surface area contributed by atoms with Crippen LogP contribution in [0.4, 0.5) is 11.5 Å². The molecular formula is C12H13ClN2. The predicted molar refractivity (Wildman–Crippen MR) is 66.0 cm³/mol. The lowest BCUT2D eigenvalue weighted by molar-refractivity contribution is 1.13. The van der Waals surface area contributed by atoms with Crippen LogP contribution < -0.4 is 4.90 Å². The zero-order chi connectivity index (χ0) is 9.80. The van der Waals surface area contributed by atoms with Crippen LogP contribution in [0.5, 0.6) is 0 Å². The van der Waals surface area contributed by atoms with Crippen LogP contribution in [-0.4, -0.2) is 12.0 Å². The maximum absolute atomic E-state index is 4.28. The van der Waals surface area contributed by atoms with Crippen LogP contribution in [0.1, 0.15) is 0 Å². The predicted octanol–water partition coefficient (Wildman–Crippen LogP) is 3.27. The van der Waals surface area contributed by atoms with Crippen LogP contribution >= 0.6 is 12.4 Å². The van der Waals surface area contributed by atoms with Gasteiger partial charge in [0.25, 0.3) is 0 Å². The Morgan fingerprint density at radius 3 is 2.20 bits per heavy atom. The Labute approximate surface area is 96.0 Å². The van der Waals surface area contributed by atoms with Crippen LogP contribution in [0.3, 0.4) is 0 Å². The lowest BCUT2D eigenvalue weighted by Crippen LogP contribution is -2.10. The van der Waals surface area contributed by atoms with E-state index in [0.717, 1.165) is 11.5 Å². The molecule has 0 fully saturated rings. The van der Waals surface area contributed by atoms with Gasteiger partial charge in [0.2, 0.25) is 0 Å². The van der Waals surface area contributed by atoms with Crippen LogP contribution in [0.2, 0.25) is 0 Å². The second-order valence-corrected chi connectivity index (χ2v) is 3.08. The molecule has 2 nitrogen and oxygen atoms in total. The minimum atomic E-state index is 0. The first-order valence-electron chi connectivity index (χ1n) is 4.58. The van der Waals surface area contributed by atoms with Crippen LogP contribution in [-0.2, 0) is 0 Å². The van der Waals surface area contributed by atoms with Crippen molar-refractivity contribution in [2.45, 2.75) is 0 Å². The number of para-hydroxylation sites is 1. The molecule has 0 unspecified atom stereocenters. The Hall–Kier alpha value is -1.54. The molecule has 0 atom stereocenters. The van der Waals surface area contributed by atoms with Gasteiger partial charge in [0, 0.05) is 18.9 Å². The molecule has 0 saturated heterocycles. The fourth-order valence-corrected chi connectivity index (χ4v) is 1.34. The van der Waals surface area contributed by atoms with E-state index in [-0.39, 0.29) is 12.4 Å². The molecule has 1 heterocycles. The molecular weight excluding hydrogens is 208 g/mol. The smallest absolute Gasteiger partial charge is 0.132 e. The van der Waals surface area contributed by atoms with E-state index in [1.165, 1.54) is 0 Å². The van der Waals surface area contributed by atoms with Crippen LogP contribution in [0, 0.1) is 0 Å². The average molecular weight is 221 g/mol. The summed E-state index contributed by atoms with van der Waals surface area (Å²) >= 11 is 0. The van der Waals surface area contributed by atoms with E-state index in [1.807, 2.05) is 43.4 Å². The van der Waals surface area contributed by atoms with Gasteiger partial charge in [0.1, 0.15) is 5.82 Å². The minimum Gasteiger partial charge on any atom is -0.329 e. The highest BCUT2D eigenvalue weighted by Gasteiger charge is 2.01. The van der Waals surface area contributed by atoms with Crippen molar-refractivity contribution in [2.75, 3.05) is 11.9 Å². The molecule has 15 heavy (non-hydrogen) atoms. The van der Waals surface area contributed by atoms with Gasteiger partial charge < -0.3 is 4.90 Å². The standard InChI is InChI=1S/C12H12N2.ClH/c1-14(11-7-3-2-4-8-11)12-9-5-6-10-13-12;/h2-10H,1H3;1H. The molecule has 0 aliphatic carbocycles. The summed E-state index contributed by atoms with van der Waals surface area (Å²) in [5.74, 6) is 0.957. The molecule has 0 aliphatic heterocycles. The molecule has 2 rings (SSSR count). The number of hydrogen-bond acceptors (Lipinski definition) is 2. The maximum atomic E-state index is 4.28. The van der Waals surface area contributed by atoms with Crippen LogP contribution in [0.15, 0.2) is 54.7 Å². The number of pyridine rings is 1. The second kappa shape index (κ2) is 5.37. The molecule has 0 bridgehead atoms. The molecule has 1 aromatic heterocycles. The van der Waals surface area contributed by atoms with Gasteiger partial charge in [-0.1, -0.05) is 24.3 Å². The number of benzene rings is 1. The van der Waals surface area contributed by atoms with E-state index in [9.17, 15) is 0 Å². The fraction of sp³-hybridized carbons (Fsp3) is 0.0833. The number of aromatic nitrogens is 1. The molecule has 0 radical (unpaired) electrons. The number of hydrogen-bond donors (Lipinski definition) is 0. The molecule has 0 N–H and O–H groups in total. The second-order valence-electron chi connectivity index (χ2n) is 3.08. The van der Waals surface area contributed by atoms with E-state index in [0.29, 0.717) is 0 Å². The minimum absolute atomic E-state index is 0. The quantitative estimate of drug-likeness (QED) is 0.772. The molecule has 78 valence electrons. The van der Waals surface area contributed by atoms with E-state index in [4.69, 9.17) is 0 Å². The normalized spacial score (nSPS) is 9.13. The van der Waals surface area contributed by atoms with Gasteiger partial charge in [-0.3, -0.25) is 0 Å². The van der Waals surface area contributed by atoms with Gasteiger partial charge in [-0.05, 0) is 24.3 Å². The average Bonchev–Trinajstić information content (AvgIpc) is 2.30. The van der Waals surface area contributed by atoms with Crippen molar-refractivity contribution in [3.05, 3.63) is 54.7 Å². The summed E-state index contributed by atoms with van der Waals surface area (Å²) in [6, 6.07) is 16.1. The van der Waals surface area contributed by atoms with Crippen molar-refractivity contribution >= 4 is 23.9 Å². The number of rotatable bonds is 2. The summed E-state index contributed by atoms with van der Waals surface area (Å²) in [5.41, 5.74) is 1.14. The summed E-state index contributed by atoms with van der Waals surface area (Å²) in [4.78, 5) is 6.34. The molecule has 0 aliphatic rings. The SMILES string of the molecule is CN(c1ccccc1)c1ccccn1.Cl. The molecule has 0 saturated carbocycles. The summed E-state index contributed by atoms with van der Waals surface area (Å²) in [6.45, 7) is 0. The van der Waals surface area contributed by atoms with Gasteiger partial charge in [-0.2, -0.15) is 0 Å². The zero-order valence-electron chi connectivity index (χ0n) is 8.50.